The van der Waals surface area contributed by atoms with Crippen molar-refractivity contribution in [1.29, 1.82) is 0 Å². The van der Waals surface area contributed by atoms with Crippen LogP contribution in [0.1, 0.15) is 6.92 Å². The van der Waals surface area contributed by atoms with Gasteiger partial charge in [0.15, 0.2) is 5.60 Å². The normalized spacial score (nSPS) is 21.0. The highest BCUT2D eigenvalue weighted by Gasteiger charge is 2.55. The second-order valence-corrected chi connectivity index (χ2v) is 2.35. The first kappa shape index (κ1) is 10.6. The number of rotatable bonds is 2. The molecule has 0 saturated carbocycles. The molecule has 6 heteroatoms. The standard InChI is InChI=1S/C5H9F4NO/c1-4(11,3(6)2-10)5(7,8)9/h3,11H,2,10H2,1H3/t3-,4+/m1/s1. The maximum absolute atomic E-state index is 12.3. The molecule has 0 aromatic rings. The Balaban J connectivity index is 4.45. The van der Waals surface area contributed by atoms with E-state index in [4.69, 9.17) is 5.11 Å². The Kier molecular flexibility index (Phi) is 2.85. The van der Waals surface area contributed by atoms with Gasteiger partial charge < -0.3 is 10.8 Å². The summed E-state index contributed by atoms with van der Waals surface area (Å²) in [5.74, 6) is 0. The minimum Gasteiger partial charge on any atom is -0.378 e. The molecule has 0 bridgehead atoms. The lowest BCUT2D eigenvalue weighted by Crippen LogP contribution is -2.52. The molecular weight excluding hydrogens is 166 g/mol. The van der Waals surface area contributed by atoms with E-state index >= 15 is 0 Å². The molecule has 0 aromatic heterocycles. The molecule has 0 amide bonds. The van der Waals surface area contributed by atoms with Gasteiger partial charge in [0.25, 0.3) is 0 Å². The van der Waals surface area contributed by atoms with Crippen molar-refractivity contribution in [3.05, 3.63) is 0 Å². The molecule has 11 heavy (non-hydrogen) atoms. The fourth-order valence-corrected chi connectivity index (χ4v) is 0.407. The van der Waals surface area contributed by atoms with Gasteiger partial charge >= 0.3 is 6.18 Å². The van der Waals surface area contributed by atoms with Gasteiger partial charge in [0, 0.05) is 6.54 Å². The van der Waals surface area contributed by atoms with Crippen LogP contribution in [0.2, 0.25) is 0 Å². The van der Waals surface area contributed by atoms with E-state index in [-0.39, 0.29) is 0 Å². The van der Waals surface area contributed by atoms with Crippen LogP contribution < -0.4 is 5.73 Å². The Bertz CT molecular complexity index is 133. The molecule has 68 valence electrons. The summed E-state index contributed by atoms with van der Waals surface area (Å²) in [6.07, 6.45) is -7.46. The van der Waals surface area contributed by atoms with Gasteiger partial charge in [-0.05, 0) is 6.92 Å². The first-order valence-electron chi connectivity index (χ1n) is 2.86. The molecule has 2 nitrogen and oxygen atoms in total. The van der Waals surface area contributed by atoms with Gasteiger partial charge in [-0.2, -0.15) is 13.2 Å². The average Bonchev–Trinajstić information content (AvgIpc) is 1.83. The lowest BCUT2D eigenvalue weighted by Gasteiger charge is -2.28. The highest BCUT2D eigenvalue weighted by atomic mass is 19.4. The van der Waals surface area contributed by atoms with E-state index in [0.29, 0.717) is 6.92 Å². The highest BCUT2D eigenvalue weighted by molar-refractivity contribution is 4.89. The predicted octanol–water partition coefficient (Wildman–Crippen LogP) is 0.597. The van der Waals surface area contributed by atoms with Crippen LogP contribution in [0.4, 0.5) is 17.6 Å². The summed E-state index contributed by atoms with van der Waals surface area (Å²) in [6.45, 7) is -0.503. The van der Waals surface area contributed by atoms with Crippen molar-refractivity contribution >= 4 is 0 Å². The van der Waals surface area contributed by atoms with Crippen LogP contribution in [0, 0.1) is 0 Å². The third-order valence-electron chi connectivity index (χ3n) is 1.39. The van der Waals surface area contributed by atoms with E-state index < -0.39 is 24.5 Å². The van der Waals surface area contributed by atoms with E-state index in [9.17, 15) is 17.6 Å². The second-order valence-electron chi connectivity index (χ2n) is 2.35. The van der Waals surface area contributed by atoms with E-state index in [0.717, 1.165) is 0 Å². The molecule has 2 atom stereocenters. The SMILES string of the molecule is C[C@](O)([C@H](F)CN)C(F)(F)F. The summed E-state index contributed by atoms with van der Waals surface area (Å²) >= 11 is 0. The highest BCUT2D eigenvalue weighted by Crippen LogP contribution is 2.33. The Hall–Kier alpha value is -0.360. The molecule has 0 saturated heterocycles. The summed E-state index contributed by atoms with van der Waals surface area (Å²) in [4.78, 5) is 0. The Labute approximate surface area is 61.0 Å². The second kappa shape index (κ2) is 2.94. The third kappa shape index (κ3) is 2.03. The molecule has 0 unspecified atom stereocenters. The lowest BCUT2D eigenvalue weighted by atomic mass is 10.0. The van der Waals surface area contributed by atoms with E-state index in [1.807, 2.05) is 0 Å². The molecule has 0 rings (SSSR count). The summed E-state index contributed by atoms with van der Waals surface area (Å²) in [7, 11) is 0. The zero-order valence-electron chi connectivity index (χ0n) is 5.82. The van der Waals surface area contributed by atoms with E-state index in [1.54, 1.807) is 0 Å². The summed E-state index contributed by atoms with van der Waals surface area (Å²) in [5.41, 5.74) is 1.27. The van der Waals surface area contributed by atoms with Gasteiger partial charge in [-0.1, -0.05) is 0 Å². The fraction of sp³-hybridized carbons (Fsp3) is 1.00. The number of halogens is 4. The Morgan fingerprint density at radius 2 is 1.82 bits per heavy atom. The van der Waals surface area contributed by atoms with Crippen LogP contribution in [0.25, 0.3) is 0 Å². The molecule has 0 spiro atoms. The third-order valence-corrected chi connectivity index (χ3v) is 1.39. The van der Waals surface area contributed by atoms with Gasteiger partial charge in [-0.3, -0.25) is 0 Å². The fourth-order valence-electron chi connectivity index (χ4n) is 0.407. The van der Waals surface area contributed by atoms with Crippen molar-refractivity contribution < 1.29 is 22.7 Å². The van der Waals surface area contributed by atoms with Crippen molar-refractivity contribution in [2.75, 3.05) is 6.54 Å². The summed E-state index contributed by atoms with van der Waals surface area (Å²) < 4.78 is 47.5. The van der Waals surface area contributed by atoms with Crippen LogP contribution in [-0.2, 0) is 0 Å². The monoisotopic (exact) mass is 175 g/mol. The zero-order valence-corrected chi connectivity index (χ0v) is 5.82. The van der Waals surface area contributed by atoms with Crippen LogP contribution in [0.3, 0.4) is 0 Å². The van der Waals surface area contributed by atoms with Gasteiger partial charge in [0.2, 0.25) is 0 Å². The smallest absolute Gasteiger partial charge is 0.378 e. The molecular formula is C5H9F4NO. The van der Waals surface area contributed by atoms with Crippen LogP contribution in [0.5, 0.6) is 0 Å². The Morgan fingerprint density at radius 3 is 1.91 bits per heavy atom. The largest absolute Gasteiger partial charge is 0.419 e. The molecule has 3 N–H and O–H groups in total. The molecule has 0 aliphatic heterocycles. The van der Waals surface area contributed by atoms with Crippen LogP contribution >= 0.6 is 0 Å². The minimum atomic E-state index is -4.98. The van der Waals surface area contributed by atoms with Crippen LogP contribution in [-0.4, -0.2) is 29.6 Å². The van der Waals surface area contributed by atoms with Gasteiger partial charge in [-0.15, -0.1) is 0 Å². The van der Waals surface area contributed by atoms with Crippen molar-refractivity contribution in [2.24, 2.45) is 5.73 Å². The Morgan fingerprint density at radius 1 is 1.45 bits per heavy atom. The number of hydrogen-bond donors (Lipinski definition) is 2. The topological polar surface area (TPSA) is 46.2 Å². The predicted molar refractivity (Wildman–Crippen MR) is 30.6 cm³/mol. The maximum atomic E-state index is 12.3. The molecule has 0 fully saturated rings. The van der Waals surface area contributed by atoms with Crippen molar-refractivity contribution in [3.8, 4) is 0 Å². The van der Waals surface area contributed by atoms with Crippen molar-refractivity contribution in [1.82, 2.24) is 0 Å². The quantitative estimate of drug-likeness (QED) is 0.603. The molecule has 0 radical (unpaired) electrons. The number of alkyl halides is 4. The maximum Gasteiger partial charge on any atom is 0.419 e. The van der Waals surface area contributed by atoms with Gasteiger partial charge in [0.05, 0.1) is 0 Å². The number of aliphatic hydroxyl groups is 1. The van der Waals surface area contributed by atoms with Crippen molar-refractivity contribution in [2.45, 2.75) is 24.9 Å². The lowest BCUT2D eigenvalue weighted by molar-refractivity contribution is -0.271. The summed E-state index contributed by atoms with van der Waals surface area (Å²) in [5, 5.41) is 8.54. The molecule has 0 aliphatic rings. The minimum absolute atomic E-state index is 0.352. The number of hydrogen-bond acceptors (Lipinski definition) is 2. The summed E-state index contributed by atoms with van der Waals surface area (Å²) in [6, 6.07) is 0. The van der Waals surface area contributed by atoms with Gasteiger partial charge in [0.1, 0.15) is 6.17 Å². The first-order valence-corrected chi connectivity index (χ1v) is 2.86. The number of nitrogens with two attached hydrogens (primary N) is 1. The molecule has 0 aliphatic carbocycles. The van der Waals surface area contributed by atoms with Crippen LogP contribution in [0.15, 0.2) is 0 Å². The molecule has 0 aromatic carbocycles. The zero-order chi connectivity index (χ0) is 9.28. The van der Waals surface area contributed by atoms with Crippen molar-refractivity contribution in [3.63, 3.8) is 0 Å². The first-order chi connectivity index (χ1) is 4.73. The van der Waals surface area contributed by atoms with Gasteiger partial charge in [-0.25, -0.2) is 4.39 Å². The average molecular weight is 175 g/mol. The van der Waals surface area contributed by atoms with E-state index in [2.05, 4.69) is 5.73 Å². The van der Waals surface area contributed by atoms with E-state index in [1.165, 1.54) is 0 Å². The molecule has 0 heterocycles.